The maximum atomic E-state index is 12.8. The first-order chi connectivity index (χ1) is 13.2. The van der Waals surface area contributed by atoms with Gasteiger partial charge in [0.25, 0.3) is 5.91 Å². The van der Waals surface area contributed by atoms with Crippen molar-refractivity contribution in [1.29, 1.82) is 0 Å². The van der Waals surface area contributed by atoms with E-state index in [9.17, 15) is 4.79 Å². The molecule has 0 aliphatic carbocycles. The summed E-state index contributed by atoms with van der Waals surface area (Å²) in [7, 11) is 0. The molecule has 0 fully saturated rings. The van der Waals surface area contributed by atoms with E-state index in [0.717, 1.165) is 22.6 Å². The van der Waals surface area contributed by atoms with Gasteiger partial charge in [-0.1, -0.05) is 11.2 Å². The van der Waals surface area contributed by atoms with E-state index in [2.05, 4.69) is 21.6 Å². The van der Waals surface area contributed by atoms with E-state index in [4.69, 9.17) is 9.26 Å². The number of carbonyl (C=O) groups is 1. The minimum absolute atomic E-state index is 0.121. The van der Waals surface area contributed by atoms with Gasteiger partial charge >= 0.3 is 0 Å². The third kappa shape index (κ3) is 4.24. The number of hydrogen-bond acceptors (Lipinski definition) is 5. The zero-order valence-electron chi connectivity index (χ0n) is 17.2. The molecule has 0 atom stereocenters. The SMILES string of the molecule is Cc1cc(C)cc(OCc2c(C(=O)Nc3cc(C)nn3C(C)C)noc2C)c1. The second-order valence-corrected chi connectivity index (χ2v) is 7.34. The number of ether oxygens (including phenoxy) is 1. The number of amides is 1. The van der Waals surface area contributed by atoms with Crippen molar-refractivity contribution in [2.75, 3.05) is 5.32 Å². The van der Waals surface area contributed by atoms with Crippen LogP contribution in [-0.4, -0.2) is 20.8 Å². The van der Waals surface area contributed by atoms with Crippen LogP contribution < -0.4 is 10.1 Å². The zero-order chi connectivity index (χ0) is 20.4. The van der Waals surface area contributed by atoms with Crippen LogP contribution in [-0.2, 0) is 6.61 Å². The molecule has 28 heavy (non-hydrogen) atoms. The number of benzene rings is 1. The van der Waals surface area contributed by atoms with Crippen LogP contribution in [0.5, 0.6) is 5.75 Å². The lowest BCUT2D eigenvalue weighted by Gasteiger charge is -2.12. The number of aromatic nitrogens is 3. The molecule has 2 heterocycles. The molecule has 1 amide bonds. The molecule has 0 aliphatic rings. The van der Waals surface area contributed by atoms with Crippen molar-refractivity contribution in [3.8, 4) is 5.75 Å². The van der Waals surface area contributed by atoms with Crippen LogP contribution in [0.2, 0.25) is 0 Å². The molecule has 3 aromatic rings. The molecule has 1 N–H and O–H groups in total. The second-order valence-electron chi connectivity index (χ2n) is 7.34. The molecular weight excluding hydrogens is 356 g/mol. The fourth-order valence-corrected chi connectivity index (χ4v) is 3.09. The van der Waals surface area contributed by atoms with Crippen molar-refractivity contribution in [1.82, 2.24) is 14.9 Å². The minimum atomic E-state index is -0.349. The number of nitrogens with one attached hydrogen (secondary N) is 1. The van der Waals surface area contributed by atoms with Crippen molar-refractivity contribution >= 4 is 11.7 Å². The summed E-state index contributed by atoms with van der Waals surface area (Å²) < 4.78 is 12.9. The highest BCUT2D eigenvalue weighted by Gasteiger charge is 2.22. The van der Waals surface area contributed by atoms with Crippen molar-refractivity contribution < 1.29 is 14.1 Å². The van der Waals surface area contributed by atoms with Crippen LogP contribution in [0.1, 0.15) is 58.5 Å². The highest BCUT2D eigenvalue weighted by Crippen LogP contribution is 2.22. The van der Waals surface area contributed by atoms with Gasteiger partial charge in [0, 0.05) is 12.1 Å². The lowest BCUT2D eigenvalue weighted by Crippen LogP contribution is -2.19. The summed E-state index contributed by atoms with van der Waals surface area (Å²) in [5.41, 5.74) is 3.92. The summed E-state index contributed by atoms with van der Waals surface area (Å²) in [6.07, 6.45) is 0. The molecule has 7 heteroatoms. The molecule has 0 unspecified atom stereocenters. The van der Waals surface area contributed by atoms with E-state index < -0.39 is 0 Å². The van der Waals surface area contributed by atoms with Crippen molar-refractivity contribution in [3.05, 3.63) is 58.1 Å². The maximum absolute atomic E-state index is 12.8. The summed E-state index contributed by atoms with van der Waals surface area (Å²) in [5.74, 6) is 1.58. The Morgan fingerprint density at radius 2 is 1.82 bits per heavy atom. The molecule has 0 radical (unpaired) electrons. The number of carbonyl (C=O) groups excluding carboxylic acids is 1. The lowest BCUT2D eigenvalue weighted by atomic mass is 10.1. The molecule has 0 saturated heterocycles. The molecule has 2 aromatic heterocycles. The Labute approximate surface area is 164 Å². The van der Waals surface area contributed by atoms with Crippen molar-refractivity contribution in [2.24, 2.45) is 0 Å². The summed E-state index contributed by atoms with van der Waals surface area (Å²) in [6.45, 7) is 11.9. The van der Waals surface area contributed by atoms with Crippen molar-refractivity contribution in [2.45, 2.75) is 54.2 Å². The van der Waals surface area contributed by atoms with E-state index in [0.29, 0.717) is 17.1 Å². The highest BCUT2D eigenvalue weighted by molar-refractivity contribution is 6.03. The third-order valence-electron chi connectivity index (χ3n) is 4.37. The summed E-state index contributed by atoms with van der Waals surface area (Å²) in [6, 6.07) is 7.95. The largest absolute Gasteiger partial charge is 0.489 e. The van der Waals surface area contributed by atoms with Crippen LogP contribution in [0.25, 0.3) is 0 Å². The van der Waals surface area contributed by atoms with Gasteiger partial charge in [-0.05, 0) is 64.8 Å². The first-order valence-corrected chi connectivity index (χ1v) is 9.28. The quantitative estimate of drug-likeness (QED) is 0.678. The van der Waals surface area contributed by atoms with Crippen molar-refractivity contribution in [3.63, 3.8) is 0 Å². The van der Waals surface area contributed by atoms with Gasteiger partial charge in [-0.2, -0.15) is 5.10 Å². The van der Waals surface area contributed by atoms with Gasteiger partial charge in [-0.15, -0.1) is 0 Å². The fraction of sp³-hybridized carbons (Fsp3) is 0.381. The van der Waals surface area contributed by atoms with Gasteiger partial charge in [0.2, 0.25) is 0 Å². The Kier molecular flexibility index (Phi) is 5.53. The number of rotatable bonds is 6. The van der Waals surface area contributed by atoms with Crippen LogP contribution in [0.15, 0.2) is 28.8 Å². The average Bonchev–Trinajstić information content (AvgIpc) is 3.14. The minimum Gasteiger partial charge on any atom is -0.489 e. The van der Waals surface area contributed by atoms with Crippen LogP contribution in [0, 0.1) is 27.7 Å². The van der Waals surface area contributed by atoms with Gasteiger partial charge in [-0.25, -0.2) is 4.68 Å². The molecule has 0 bridgehead atoms. The molecule has 3 rings (SSSR count). The van der Waals surface area contributed by atoms with Gasteiger partial charge in [0.15, 0.2) is 5.69 Å². The summed E-state index contributed by atoms with van der Waals surface area (Å²) in [5, 5.41) is 11.2. The summed E-state index contributed by atoms with van der Waals surface area (Å²) in [4.78, 5) is 12.8. The Morgan fingerprint density at radius 1 is 1.14 bits per heavy atom. The van der Waals surface area contributed by atoms with Gasteiger partial charge < -0.3 is 14.6 Å². The molecule has 7 nitrogen and oxygen atoms in total. The maximum Gasteiger partial charge on any atom is 0.279 e. The van der Waals surface area contributed by atoms with Gasteiger partial charge in [0.1, 0.15) is 23.9 Å². The lowest BCUT2D eigenvalue weighted by molar-refractivity contribution is 0.101. The molecular formula is C21H26N4O3. The van der Waals surface area contributed by atoms with E-state index in [1.807, 2.05) is 52.8 Å². The third-order valence-corrected chi connectivity index (χ3v) is 4.37. The predicted molar refractivity (Wildman–Crippen MR) is 107 cm³/mol. The Balaban J connectivity index is 1.79. The zero-order valence-corrected chi connectivity index (χ0v) is 17.2. The van der Waals surface area contributed by atoms with Gasteiger partial charge in [0.05, 0.1) is 11.3 Å². The molecule has 0 spiro atoms. The molecule has 1 aromatic carbocycles. The molecule has 0 aliphatic heterocycles. The van der Waals surface area contributed by atoms with E-state index in [1.165, 1.54) is 0 Å². The number of anilines is 1. The second kappa shape index (κ2) is 7.88. The topological polar surface area (TPSA) is 82.2 Å². The number of hydrogen-bond donors (Lipinski definition) is 1. The smallest absolute Gasteiger partial charge is 0.279 e. The average molecular weight is 382 g/mol. The van der Waals surface area contributed by atoms with Crippen LogP contribution in [0.3, 0.4) is 0 Å². The first kappa shape index (κ1) is 19.7. The standard InChI is InChI=1S/C21H26N4O3/c1-12(2)25-19(10-15(5)23-25)22-21(26)20-18(16(6)28-24-20)11-27-17-8-13(3)7-14(4)9-17/h7-10,12H,11H2,1-6H3,(H,22,26). The van der Waals surface area contributed by atoms with E-state index in [1.54, 1.807) is 11.6 Å². The normalized spacial score (nSPS) is 11.1. The number of nitrogens with zero attached hydrogens (tertiary/aromatic N) is 3. The van der Waals surface area contributed by atoms with Crippen LogP contribution >= 0.6 is 0 Å². The highest BCUT2D eigenvalue weighted by atomic mass is 16.5. The van der Waals surface area contributed by atoms with Crippen LogP contribution in [0.4, 0.5) is 5.82 Å². The number of aryl methyl sites for hydroxylation is 4. The first-order valence-electron chi connectivity index (χ1n) is 9.28. The molecule has 0 saturated carbocycles. The Hall–Kier alpha value is -3.09. The van der Waals surface area contributed by atoms with E-state index in [-0.39, 0.29) is 24.2 Å². The fourth-order valence-electron chi connectivity index (χ4n) is 3.09. The van der Waals surface area contributed by atoms with E-state index >= 15 is 0 Å². The Bertz CT molecular complexity index is 981. The Morgan fingerprint density at radius 3 is 2.46 bits per heavy atom. The predicted octanol–water partition coefficient (Wildman–Crippen LogP) is 4.52. The molecule has 148 valence electrons. The monoisotopic (exact) mass is 382 g/mol. The van der Waals surface area contributed by atoms with Gasteiger partial charge in [-0.3, -0.25) is 4.79 Å². The summed E-state index contributed by atoms with van der Waals surface area (Å²) >= 11 is 0.